The van der Waals surface area contributed by atoms with E-state index in [2.05, 4.69) is 22.5 Å². The summed E-state index contributed by atoms with van der Waals surface area (Å²) in [5.74, 6) is -2.70. The molecule has 2 amide bonds. The van der Waals surface area contributed by atoms with Crippen molar-refractivity contribution in [1.82, 2.24) is 15.6 Å². The number of fused-ring (bicyclic) bond motifs is 3. The van der Waals surface area contributed by atoms with E-state index in [1.807, 2.05) is 52.0 Å². The van der Waals surface area contributed by atoms with Crippen molar-refractivity contribution in [3.05, 3.63) is 36.0 Å². The predicted octanol–water partition coefficient (Wildman–Crippen LogP) is 4.43. The molecule has 13 heteroatoms. The standard InChI is InChI=1S/C37H51N3O10/c1-20(2)17-28(32(43)40-29(33(44)45-6)18-23-19-38-27-10-8-7-9-24(23)27)39-30(41)13-14-31(42)46-34-22(4)26-12-11-21(3)25-15-16-36(5)48-35(47-34)37(25,26)50-49-36/h7-10,19-22,25-26,28-29,34-35,38H,11-18H2,1-6H3,(H,39,41)(H,40,43)/t21-,22-,25+,26+,28+,29+,34-,35-,36+,37-/m1/s1. The molecule has 2 bridgehead atoms. The van der Waals surface area contributed by atoms with Gasteiger partial charge in [0.15, 0.2) is 11.9 Å². The number of benzene rings is 1. The molecule has 1 spiro atoms. The summed E-state index contributed by atoms with van der Waals surface area (Å²) < 4.78 is 23.5. The highest BCUT2D eigenvalue weighted by Gasteiger charge is 2.69. The van der Waals surface area contributed by atoms with Gasteiger partial charge in [0.2, 0.25) is 23.9 Å². The highest BCUT2D eigenvalue weighted by Crippen LogP contribution is 2.60. The zero-order valence-corrected chi connectivity index (χ0v) is 29.8. The van der Waals surface area contributed by atoms with E-state index in [1.165, 1.54) is 7.11 Å². The molecular formula is C37H51N3O10. The van der Waals surface area contributed by atoms with Gasteiger partial charge in [0.25, 0.3) is 0 Å². The zero-order valence-electron chi connectivity index (χ0n) is 29.8. The van der Waals surface area contributed by atoms with E-state index in [-0.39, 0.29) is 42.9 Å². The van der Waals surface area contributed by atoms with Gasteiger partial charge in [0.1, 0.15) is 12.1 Å². The number of carbonyl (C=O) groups excluding carboxylic acids is 4. The van der Waals surface area contributed by atoms with Gasteiger partial charge in [-0.1, -0.05) is 45.9 Å². The van der Waals surface area contributed by atoms with Crippen LogP contribution in [0.2, 0.25) is 0 Å². The Morgan fingerprint density at radius 1 is 1.00 bits per heavy atom. The quantitative estimate of drug-likeness (QED) is 0.214. The number of carbonyl (C=O) groups is 4. The molecule has 50 heavy (non-hydrogen) atoms. The van der Waals surface area contributed by atoms with Crippen LogP contribution in [0, 0.1) is 29.6 Å². The first kappa shape index (κ1) is 36.3. The van der Waals surface area contributed by atoms with Crippen LogP contribution in [0.15, 0.2) is 30.5 Å². The average molecular weight is 698 g/mol. The summed E-state index contributed by atoms with van der Waals surface area (Å²) in [6.45, 7) is 9.92. The van der Waals surface area contributed by atoms with Crippen LogP contribution in [-0.4, -0.2) is 71.9 Å². The van der Waals surface area contributed by atoms with Gasteiger partial charge >= 0.3 is 11.9 Å². The second kappa shape index (κ2) is 14.6. The molecule has 5 aliphatic rings. The minimum Gasteiger partial charge on any atom is -0.467 e. The summed E-state index contributed by atoms with van der Waals surface area (Å²) in [6, 6.07) is 5.77. The van der Waals surface area contributed by atoms with Gasteiger partial charge in [-0.3, -0.25) is 14.4 Å². The Balaban J connectivity index is 1.05. The molecule has 4 aliphatic heterocycles. The SMILES string of the molecule is COC(=O)[C@H](Cc1c[nH]c2ccccc12)NC(=O)[C@H](CC(C)C)NC(=O)CCC(=O)O[C@@H]1O[C@@H]2O[C@]3(C)CC[C@H]4[C@H](C)CC[C@@H]([C@H]1C)[C@@]24OO3. The molecule has 4 saturated heterocycles. The first-order valence-electron chi connectivity index (χ1n) is 18.0. The molecule has 5 fully saturated rings. The van der Waals surface area contributed by atoms with Crippen molar-refractivity contribution < 1.29 is 47.9 Å². The molecule has 1 saturated carbocycles. The maximum atomic E-state index is 13.5. The van der Waals surface area contributed by atoms with E-state index >= 15 is 0 Å². The predicted molar refractivity (Wildman–Crippen MR) is 179 cm³/mol. The smallest absolute Gasteiger partial charge is 0.328 e. The second-order valence-electron chi connectivity index (χ2n) is 15.2. The molecule has 0 unspecified atom stereocenters. The second-order valence-corrected chi connectivity index (χ2v) is 15.2. The zero-order chi connectivity index (χ0) is 35.8. The van der Waals surface area contributed by atoms with Crippen molar-refractivity contribution in [2.45, 2.75) is 122 Å². The molecule has 1 aromatic carbocycles. The fourth-order valence-corrected chi connectivity index (χ4v) is 8.51. The Labute approximate surface area is 292 Å². The van der Waals surface area contributed by atoms with Crippen LogP contribution >= 0.6 is 0 Å². The van der Waals surface area contributed by atoms with Crippen LogP contribution in [0.4, 0.5) is 0 Å². The third kappa shape index (κ3) is 7.15. The normalized spacial score (nSPS) is 32.8. The summed E-state index contributed by atoms with van der Waals surface area (Å²) in [4.78, 5) is 67.7. The number of H-pyrrole nitrogens is 1. The largest absolute Gasteiger partial charge is 0.467 e. The van der Waals surface area contributed by atoms with Crippen molar-refractivity contribution in [2.75, 3.05) is 7.11 Å². The molecule has 0 radical (unpaired) electrons. The fraction of sp³-hybridized carbons (Fsp3) is 0.676. The Morgan fingerprint density at radius 3 is 2.54 bits per heavy atom. The van der Waals surface area contributed by atoms with Gasteiger partial charge in [0, 0.05) is 48.2 Å². The van der Waals surface area contributed by atoms with Crippen molar-refractivity contribution in [2.24, 2.45) is 29.6 Å². The third-order valence-corrected chi connectivity index (χ3v) is 11.2. The monoisotopic (exact) mass is 697 g/mol. The molecule has 5 heterocycles. The van der Waals surface area contributed by atoms with Crippen LogP contribution in [-0.2, 0) is 54.3 Å². The minimum absolute atomic E-state index is 0.00807. The number of rotatable bonds is 12. The van der Waals surface area contributed by atoms with Crippen molar-refractivity contribution in [1.29, 1.82) is 0 Å². The van der Waals surface area contributed by atoms with E-state index in [0.717, 1.165) is 35.7 Å². The maximum Gasteiger partial charge on any atom is 0.328 e. The molecule has 7 rings (SSSR count). The van der Waals surface area contributed by atoms with Gasteiger partial charge in [-0.05, 0) is 62.0 Å². The topological polar surface area (TPSA) is 164 Å². The van der Waals surface area contributed by atoms with E-state index in [1.54, 1.807) is 6.20 Å². The van der Waals surface area contributed by atoms with Gasteiger partial charge in [-0.15, -0.1) is 0 Å². The van der Waals surface area contributed by atoms with Crippen LogP contribution in [0.3, 0.4) is 0 Å². The van der Waals surface area contributed by atoms with Gasteiger partial charge in [0.05, 0.1) is 13.5 Å². The number of nitrogens with one attached hydrogen (secondary N) is 3. The summed E-state index contributed by atoms with van der Waals surface area (Å²) in [5, 5.41) is 6.49. The number of aromatic nitrogens is 1. The highest BCUT2D eigenvalue weighted by atomic mass is 17.3. The van der Waals surface area contributed by atoms with E-state index in [4.69, 9.17) is 28.7 Å². The molecule has 2 aromatic rings. The lowest BCUT2D eigenvalue weighted by Crippen LogP contribution is -2.70. The number of methoxy groups -OCH3 is 1. The summed E-state index contributed by atoms with van der Waals surface area (Å²) in [7, 11) is 1.27. The van der Waals surface area contributed by atoms with Gasteiger partial charge < -0.3 is 34.6 Å². The Kier molecular flexibility index (Phi) is 10.6. The maximum absolute atomic E-state index is 13.5. The lowest BCUT2D eigenvalue weighted by molar-refractivity contribution is -0.576. The molecule has 10 atom stereocenters. The molecule has 3 N–H and O–H groups in total. The van der Waals surface area contributed by atoms with E-state index in [0.29, 0.717) is 18.8 Å². The number of esters is 2. The van der Waals surface area contributed by atoms with Crippen molar-refractivity contribution >= 4 is 34.7 Å². The number of hydrogen-bond donors (Lipinski definition) is 3. The first-order chi connectivity index (χ1) is 23.8. The highest BCUT2D eigenvalue weighted by molar-refractivity contribution is 5.92. The number of amides is 2. The van der Waals surface area contributed by atoms with Crippen molar-refractivity contribution in [3.63, 3.8) is 0 Å². The van der Waals surface area contributed by atoms with Crippen molar-refractivity contribution in [3.8, 4) is 0 Å². The number of para-hydroxylation sites is 1. The lowest BCUT2D eigenvalue weighted by atomic mass is 9.58. The lowest BCUT2D eigenvalue weighted by Gasteiger charge is -2.59. The van der Waals surface area contributed by atoms with Crippen LogP contribution in [0.25, 0.3) is 10.9 Å². The molecule has 13 nitrogen and oxygen atoms in total. The first-order valence-corrected chi connectivity index (χ1v) is 18.0. The van der Waals surface area contributed by atoms with Gasteiger partial charge in [-0.2, -0.15) is 0 Å². The van der Waals surface area contributed by atoms with E-state index in [9.17, 15) is 19.2 Å². The number of hydrogen-bond acceptors (Lipinski definition) is 10. The summed E-state index contributed by atoms with van der Waals surface area (Å²) >= 11 is 0. The Morgan fingerprint density at radius 2 is 1.78 bits per heavy atom. The Hall–Kier alpha value is -3.52. The number of ether oxygens (including phenoxy) is 4. The molecule has 274 valence electrons. The van der Waals surface area contributed by atoms with E-state index < -0.39 is 59.8 Å². The Bertz CT molecular complexity index is 1580. The molecule has 1 aliphatic carbocycles. The van der Waals surface area contributed by atoms with Crippen LogP contribution < -0.4 is 10.6 Å². The van der Waals surface area contributed by atoms with Crippen LogP contribution in [0.5, 0.6) is 0 Å². The summed E-state index contributed by atoms with van der Waals surface area (Å²) in [6.07, 6.45) is 3.74. The number of aromatic amines is 1. The van der Waals surface area contributed by atoms with Crippen LogP contribution in [0.1, 0.15) is 85.1 Å². The third-order valence-electron chi connectivity index (χ3n) is 11.2. The minimum atomic E-state index is -0.972. The molecular weight excluding hydrogens is 646 g/mol. The van der Waals surface area contributed by atoms with Gasteiger partial charge in [-0.25, -0.2) is 14.6 Å². The average Bonchev–Trinajstić information content (AvgIpc) is 3.35. The summed E-state index contributed by atoms with van der Waals surface area (Å²) in [5.41, 5.74) is 0.982. The molecule has 1 aromatic heterocycles. The fourth-order valence-electron chi connectivity index (χ4n) is 8.51.